The number of hydrogen-bond acceptors (Lipinski definition) is 3. The predicted molar refractivity (Wildman–Crippen MR) is 115 cm³/mol. The molecule has 0 radical (unpaired) electrons. The van der Waals surface area contributed by atoms with Crippen LogP contribution in [-0.4, -0.2) is 19.5 Å². The van der Waals surface area contributed by atoms with E-state index in [-0.39, 0.29) is 0 Å². The maximum absolute atomic E-state index is 4.97. The van der Waals surface area contributed by atoms with E-state index < -0.39 is 0 Å². The van der Waals surface area contributed by atoms with Gasteiger partial charge in [-0.05, 0) is 49.4 Å². The molecule has 0 spiro atoms. The minimum absolute atomic E-state index is 0.862. The van der Waals surface area contributed by atoms with Crippen molar-refractivity contribution in [2.45, 2.75) is 26.7 Å². The van der Waals surface area contributed by atoms with Crippen LogP contribution in [-0.2, 0) is 19.9 Å². The molecule has 0 N–H and O–H groups in total. The van der Waals surface area contributed by atoms with E-state index in [1.165, 1.54) is 16.3 Å². The van der Waals surface area contributed by atoms with Crippen molar-refractivity contribution in [3.8, 4) is 0 Å². The third-order valence-electron chi connectivity index (χ3n) is 5.64. The lowest BCUT2D eigenvalue weighted by Crippen LogP contribution is -2.02. The lowest BCUT2D eigenvalue weighted by molar-refractivity contribution is 0.777. The van der Waals surface area contributed by atoms with Gasteiger partial charge in [0, 0.05) is 41.8 Å². The summed E-state index contributed by atoms with van der Waals surface area (Å²) in [7, 11) is 2.10. The van der Waals surface area contributed by atoms with Crippen molar-refractivity contribution in [3.63, 3.8) is 0 Å². The predicted octanol–water partition coefficient (Wildman–Crippen LogP) is 5.07. The molecule has 0 atom stereocenters. The van der Waals surface area contributed by atoms with Crippen LogP contribution in [0.4, 0.5) is 0 Å². The van der Waals surface area contributed by atoms with Crippen LogP contribution in [0.5, 0.6) is 0 Å². The van der Waals surface area contributed by atoms with Gasteiger partial charge in [-0.2, -0.15) is 0 Å². The number of imidazole rings is 1. The fourth-order valence-corrected chi connectivity index (χ4v) is 3.99. The molecule has 0 unspecified atom stereocenters. The fourth-order valence-electron chi connectivity index (χ4n) is 3.99. The van der Waals surface area contributed by atoms with Crippen molar-refractivity contribution in [2.24, 2.45) is 7.05 Å². The van der Waals surface area contributed by atoms with Gasteiger partial charge in [-0.1, -0.05) is 30.3 Å². The third-order valence-corrected chi connectivity index (χ3v) is 5.64. The molecule has 0 saturated carbocycles. The van der Waals surface area contributed by atoms with Crippen molar-refractivity contribution in [2.75, 3.05) is 0 Å². The molecular formula is C24H22N4. The molecule has 0 aliphatic carbocycles. The summed E-state index contributed by atoms with van der Waals surface area (Å²) in [6, 6.07) is 17.1. The summed E-state index contributed by atoms with van der Waals surface area (Å²) in [5.74, 6) is 1.09. The molecular weight excluding hydrogens is 344 g/mol. The molecule has 0 aliphatic rings. The summed E-state index contributed by atoms with van der Waals surface area (Å²) >= 11 is 0. The van der Waals surface area contributed by atoms with Gasteiger partial charge in [-0.25, -0.2) is 4.98 Å². The molecule has 138 valence electrons. The Bertz CT molecular complexity index is 1350. The Kier molecular flexibility index (Phi) is 3.86. The van der Waals surface area contributed by atoms with Crippen molar-refractivity contribution in [3.05, 3.63) is 77.5 Å². The van der Waals surface area contributed by atoms with Gasteiger partial charge in [0.25, 0.3) is 0 Å². The summed E-state index contributed by atoms with van der Waals surface area (Å²) in [5.41, 5.74) is 6.56. The van der Waals surface area contributed by atoms with Crippen LogP contribution in [0.3, 0.4) is 0 Å². The average Bonchev–Trinajstić information content (AvgIpc) is 3.05. The number of hydrogen-bond donors (Lipinski definition) is 0. The Balaban J connectivity index is 1.51. The van der Waals surface area contributed by atoms with Crippen LogP contribution in [0.15, 0.2) is 54.7 Å². The zero-order valence-electron chi connectivity index (χ0n) is 16.4. The van der Waals surface area contributed by atoms with E-state index >= 15 is 0 Å². The van der Waals surface area contributed by atoms with Crippen LogP contribution < -0.4 is 0 Å². The molecule has 3 aromatic heterocycles. The van der Waals surface area contributed by atoms with Crippen LogP contribution >= 0.6 is 0 Å². The van der Waals surface area contributed by atoms with E-state index in [4.69, 9.17) is 9.97 Å². The molecule has 0 aliphatic heterocycles. The second kappa shape index (κ2) is 6.41. The monoisotopic (exact) mass is 366 g/mol. The highest BCUT2D eigenvalue weighted by atomic mass is 15.1. The van der Waals surface area contributed by atoms with E-state index in [1.807, 2.05) is 13.1 Å². The van der Waals surface area contributed by atoms with Crippen LogP contribution in [0.2, 0.25) is 0 Å². The standard InChI is InChI=1S/C24H22N4/c1-15-14-25-16(2)19-11-9-18(26-23(15)19)10-13-22-27-24-20-7-5-4-6-17(20)8-12-21(24)28(22)3/h4-9,11-12,14H,10,13H2,1-3H3. The molecule has 5 rings (SSSR count). The molecule has 5 aromatic rings. The third kappa shape index (κ3) is 2.64. The number of fused-ring (bicyclic) bond motifs is 4. The van der Waals surface area contributed by atoms with Gasteiger partial charge in [-0.15, -0.1) is 0 Å². The summed E-state index contributed by atoms with van der Waals surface area (Å²) in [6.45, 7) is 4.11. The molecule has 4 nitrogen and oxygen atoms in total. The molecule has 0 bridgehead atoms. The molecule has 28 heavy (non-hydrogen) atoms. The normalized spacial score (nSPS) is 11.7. The highest BCUT2D eigenvalue weighted by Crippen LogP contribution is 2.26. The zero-order chi connectivity index (χ0) is 19.3. The van der Waals surface area contributed by atoms with Crippen LogP contribution in [0.25, 0.3) is 32.7 Å². The van der Waals surface area contributed by atoms with E-state index in [0.717, 1.165) is 52.0 Å². The fraction of sp³-hybridized carbons (Fsp3) is 0.208. The minimum atomic E-state index is 0.862. The van der Waals surface area contributed by atoms with Crippen molar-refractivity contribution in [1.29, 1.82) is 0 Å². The number of rotatable bonds is 3. The minimum Gasteiger partial charge on any atom is -0.331 e. The summed E-state index contributed by atoms with van der Waals surface area (Å²) < 4.78 is 2.21. The van der Waals surface area contributed by atoms with Gasteiger partial charge in [0.05, 0.1) is 16.6 Å². The highest BCUT2D eigenvalue weighted by molar-refractivity contribution is 6.04. The van der Waals surface area contributed by atoms with Crippen LogP contribution in [0.1, 0.15) is 22.8 Å². The first kappa shape index (κ1) is 16.9. The number of aryl methyl sites for hydroxylation is 5. The van der Waals surface area contributed by atoms with Crippen molar-refractivity contribution >= 4 is 32.7 Å². The number of nitrogens with zero attached hydrogens (tertiary/aromatic N) is 4. The van der Waals surface area contributed by atoms with E-state index in [0.29, 0.717) is 0 Å². The quantitative estimate of drug-likeness (QED) is 0.448. The Hall–Kier alpha value is -3.27. The summed E-state index contributed by atoms with van der Waals surface area (Å²) in [4.78, 5) is 14.3. The van der Waals surface area contributed by atoms with Gasteiger partial charge in [0.15, 0.2) is 0 Å². The first-order valence-corrected chi connectivity index (χ1v) is 9.67. The molecule has 2 aromatic carbocycles. The molecule has 0 saturated heterocycles. The molecule has 0 fully saturated rings. The van der Waals surface area contributed by atoms with E-state index in [1.54, 1.807) is 0 Å². The highest BCUT2D eigenvalue weighted by Gasteiger charge is 2.11. The van der Waals surface area contributed by atoms with Gasteiger partial charge in [0.2, 0.25) is 0 Å². The second-order valence-electron chi connectivity index (χ2n) is 7.47. The van der Waals surface area contributed by atoms with Gasteiger partial charge in [-0.3, -0.25) is 9.97 Å². The first-order valence-electron chi connectivity index (χ1n) is 9.67. The topological polar surface area (TPSA) is 43.6 Å². The smallest absolute Gasteiger partial charge is 0.110 e. The number of benzene rings is 2. The average molecular weight is 366 g/mol. The summed E-state index contributed by atoms with van der Waals surface area (Å²) in [6.07, 6.45) is 3.64. The zero-order valence-corrected chi connectivity index (χ0v) is 16.4. The maximum atomic E-state index is 4.97. The Labute approximate surface area is 163 Å². The van der Waals surface area contributed by atoms with Gasteiger partial charge < -0.3 is 4.57 Å². The lowest BCUT2D eigenvalue weighted by atomic mass is 10.1. The van der Waals surface area contributed by atoms with Crippen molar-refractivity contribution < 1.29 is 0 Å². The second-order valence-corrected chi connectivity index (χ2v) is 7.47. The Morgan fingerprint density at radius 2 is 1.68 bits per heavy atom. The first-order chi connectivity index (χ1) is 13.6. The number of pyridine rings is 2. The molecule has 3 heterocycles. The maximum Gasteiger partial charge on any atom is 0.110 e. The lowest BCUT2D eigenvalue weighted by Gasteiger charge is -2.07. The number of aromatic nitrogens is 4. The van der Waals surface area contributed by atoms with Crippen molar-refractivity contribution in [1.82, 2.24) is 19.5 Å². The SMILES string of the molecule is Cc1ncc(C)c2nc(CCc3nc4c5ccccc5ccc4n3C)ccc12. The molecule has 4 heteroatoms. The van der Waals surface area contributed by atoms with Crippen LogP contribution in [0, 0.1) is 13.8 Å². The molecule has 0 amide bonds. The van der Waals surface area contributed by atoms with Gasteiger partial charge in [0.1, 0.15) is 5.82 Å². The van der Waals surface area contributed by atoms with Gasteiger partial charge >= 0.3 is 0 Å². The summed E-state index contributed by atoms with van der Waals surface area (Å²) in [5, 5.41) is 3.58. The van der Waals surface area contributed by atoms with E-state index in [2.05, 4.69) is 72.1 Å². The van der Waals surface area contributed by atoms with E-state index in [9.17, 15) is 0 Å². The Morgan fingerprint density at radius 1 is 0.821 bits per heavy atom. The Morgan fingerprint density at radius 3 is 2.57 bits per heavy atom. The largest absolute Gasteiger partial charge is 0.331 e.